The van der Waals surface area contributed by atoms with Crippen molar-refractivity contribution in [2.45, 2.75) is 39.4 Å². The molecule has 178 valence electrons. The summed E-state index contributed by atoms with van der Waals surface area (Å²) in [5.74, 6) is -2.98. The Morgan fingerprint density at radius 3 is 2.44 bits per heavy atom. The van der Waals surface area contributed by atoms with Gasteiger partial charge in [-0.15, -0.1) is 0 Å². The number of aryl methyl sites for hydroxylation is 3. The molecule has 0 saturated carbocycles. The number of benzene rings is 2. The zero-order valence-electron chi connectivity index (χ0n) is 18.8. The van der Waals surface area contributed by atoms with Gasteiger partial charge in [0.2, 0.25) is 0 Å². The van der Waals surface area contributed by atoms with Crippen LogP contribution in [-0.2, 0) is 6.54 Å². The maximum absolute atomic E-state index is 13.8. The molecule has 1 atom stereocenters. The van der Waals surface area contributed by atoms with Crippen molar-refractivity contribution < 1.29 is 22.4 Å². The van der Waals surface area contributed by atoms with Gasteiger partial charge in [-0.1, -0.05) is 42.0 Å². The number of hydrogen-bond acceptors (Lipinski definition) is 2. The zero-order chi connectivity index (χ0) is 25.0. The molecule has 0 aliphatic carbocycles. The number of aromatic nitrogens is 1. The van der Waals surface area contributed by atoms with Crippen LogP contribution in [0.1, 0.15) is 49.8 Å². The molecule has 3 nitrogen and oxygen atoms in total. The van der Waals surface area contributed by atoms with Crippen LogP contribution in [0.25, 0.3) is 6.08 Å². The summed E-state index contributed by atoms with van der Waals surface area (Å²) in [6.45, 7) is 5.27. The first-order valence-corrected chi connectivity index (χ1v) is 10.8. The summed E-state index contributed by atoms with van der Waals surface area (Å²) < 4.78 is 55.0. The summed E-state index contributed by atoms with van der Waals surface area (Å²) in [4.78, 5) is 16.7. The van der Waals surface area contributed by atoms with E-state index in [2.05, 4.69) is 10.3 Å². The maximum atomic E-state index is 13.8. The fourth-order valence-electron chi connectivity index (χ4n) is 3.59. The Hall–Kier alpha value is -3.19. The second-order valence-electron chi connectivity index (χ2n) is 8.07. The third-order valence-electron chi connectivity index (χ3n) is 5.33. The van der Waals surface area contributed by atoms with Crippen LogP contribution in [0.4, 0.5) is 17.6 Å². The van der Waals surface area contributed by atoms with Crippen molar-refractivity contribution in [3.05, 3.63) is 105 Å². The fourth-order valence-corrected chi connectivity index (χ4v) is 3.86. The Labute approximate surface area is 200 Å². The van der Waals surface area contributed by atoms with Crippen molar-refractivity contribution in [1.29, 1.82) is 0 Å². The van der Waals surface area contributed by atoms with Crippen LogP contribution < -0.4 is 5.32 Å². The highest BCUT2D eigenvalue weighted by Gasteiger charge is 2.39. The summed E-state index contributed by atoms with van der Waals surface area (Å²) in [7, 11) is 0. The van der Waals surface area contributed by atoms with Crippen molar-refractivity contribution >= 4 is 23.6 Å². The lowest BCUT2D eigenvalue weighted by atomic mass is 9.95. The summed E-state index contributed by atoms with van der Waals surface area (Å²) in [6.07, 6.45) is -0.592. The molecule has 0 saturated heterocycles. The molecule has 2 aromatic carbocycles. The van der Waals surface area contributed by atoms with Crippen LogP contribution in [0.15, 0.2) is 54.7 Å². The topological polar surface area (TPSA) is 42.0 Å². The van der Waals surface area contributed by atoms with Crippen LogP contribution in [0, 0.1) is 26.6 Å². The number of allylic oxidation sites excluding steroid dienone is 1. The second-order valence-corrected chi connectivity index (χ2v) is 8.48. The van der Waals surface area contributed by atoms with Crippen LogP contribution in [0.3, 0.4) is 0 Å². The molecule has 3 aromatic rings. The predicted molar refractivity (Wildman–Crippen MR) is 125 cm³/mol. The molecule has 1 amide bonds. The van der Waals surface area contributed by atoms with Gasteiger partial charge in [-0.25, -0.2) is 4.39 Å². The second kappa shape index (κ2) is 10.4. The molecule has 0 fully saturated rings. The number of nitrogens with one attached hydrogen (secondary N) is 1. The molecule has 1 N–H and O–H groups in total. The van der Waals surface area contributed by atoms with E-state index in [9.17, 15) is 22.4 Å². The molecule has 1 heterocycles. The van der Waals surface area contributed by atoms with Gasteiger partial charge in [-0.3, -0.25) is 9.78 Å². The van der Waals surface area contributed by atoms with Gasteiger partial charge in [-0.05, 0) is 72.9 Å². The van der Waals surface area contributed by atoms with E-state index in [1.54, 1.807) is 37.4 Å². The largest absolute Gasteiger partial charge is 0.399 e. The van der Waals surface area contributed by atoms with Gasteiger partial charge in [0.25, 0.3) is 5.91 Å². The number of rotatable bonds is 6. The Kier molecular flexibility index (Phi) is 7.77. The van der Waals surface area contributed by atoms with E-state index in [4.69, 9.17) is 11.6 Å². The highest BCUT2D eigenvalue weighted by molar-refractivity contribution is 6.30. The summed E-state index contributed by atoms with van der Waals surface area (Å²) in [5.41, 5.74) is 3.19. The number of carbonyl (C=O) groups is 1. The first-order valence-electron chi connectivity index (χ1n) is 10.5. The maximum Gasteiger partial charge on any atom is 0.399 e. The average molecular weight is 491 g/mol. The van der Waals surface area contributed by atoms with Gasteiger partial charge in [0.15, 0.2) is 0 Å². The first-order chi connectivity index (χ1) is 16.0. The SMILES string of the molecule is Cc1cc(CNC(=O)c2ccc(/C=C/C(c3cc(C)c(F)c(Cl)c3)C(F)(F)F)cc2C)ccn1. The molecule has 34 heavy (non-hydrogen) atoms. The number of hydrogen-bond donors (Lipinski definition) is 1. The average Bonchev–Trinajstić information content (AvgIpc) is 2.75. The van der Waals surface area contributed by atoms with Gasteiger partial charge < -0.3 is 5.32 Å². The summed E-state index contributed by atoms with van der Waals surface area (Å²) in [5, 5.41) is 2.48. The van der Waals surface area contributed by atoms with Crippen LogP contribution >= 0.6 is 11.6 Å². The van der Waals surface area contributed by atoms with Gasteiger partial charge in [-0.2, -0.15) is 13.2 Å². The molecule has 3 rings (SSSR count). The first kappa shape index (κ1) is 25.4. The molecule has 1 aromatic heterocycles. The van der Waals surface area contributed by atoms with Crippen molar-refractivity contribution in [2.75, 3.05) is 0 Å². The molecule has 0 radical (unpaired) electrons. The lowest BCUT2D eigenvalue weighted by Crippen LogP contribution is -2.23. The van der Waals surface area contributed by atoms with E-state index in [1.807, 2.05) is 13.0 Å². The molecule has 8 heteroatoms. The smallest absolute Gasteiger partial charge is 0.348 e. The highest BCUT2D eigenvalue weighted by Crippen LogP contribution is 2.38. The third-order valence-corrected chi connectivity index (χ3v) is 5.61. The number of halogens is 5. The van der Waals surface area contributed by atoms with Crippen molar-refractivity contribution in [3.63, 3.8) is 0 Å². The van der Waals surface area contributed by atoms with Gasteiger partial charge >= 0.3 is 6.18 Å². The molecular weight excluding hydrogens is 468 g/mol. The standard InChI is InChI=1S/C26H23ClF4N2O/c1-15-10-18(4-6-21(15)25(34)33-14-19-8-9-32-17(3)12-19)5-7-22(26(29,30)31)20-11-16(2)24(28)23(27)13-20/h4-13,22H,14H2,1-3H3,(H,33,34)/b7-5+. The Balaban J connectivity index is 1.78. The molecule has 0 aliphatic rings. The molecular formula is C26H23ClF4N2O. The number of amides is 1. The summed E-state index contributed by atoms with van der Waals surface area (Å²) in [6, 6.07) is 10.6. The Bertz CT molecular complexity index is 1210. The van der Waals surface area contributed by atoms with E-state index >= 15 is 0 Å². The van der Waals surface area contributed by atoms with E-state index in [-0.39, 0.29) is 22.1 Å². The minimum atomic E-state index is -4.59. The molecule has 0 aliphatic heterocycles. The zero-order valence-corrected chi connectivity index (χ0v) is 19.6. The van der Waals surface area contributed by atoms with Crippen LogP contribution in [0.2, 0.25) is 5.02 Å². The highest BCUT2D eigenvalue weighted by atomic mass is 35.5. The Morgan fingerprint density at radius 1 is 1.09 bits per heavy atom. The fraction of sp³-hybridized carbons (Fsp3) is 0.231. The quantitative estimate of drug-likeness (QED) is 0.375. The number of nitrogens with zero attached hydrogens (tertiary/aromatic N) is 1. The molecule has 0 spiro atoms. The van der Waals surface area contributed by atoms with Gasteiger partial charge in [0.05, 0.1) is 10.9 Å². The number of pyridine rings is 1. The van der Waals surface area contributed by atoms with Crippen molar-refractivity contribution in [1.82, 2.24) is 10.3 Å². The third kappa shape index (κ3) is 6.23. The molecule has 1 unspecified atom stereocenters. The predicted octanol–water partition coefficient (Wildman–Crippen LogP) is 7.09. The monoisotopic (exact) mass is 490 g/mol. The van der Waals surface area contributed by atoms with E-state index in [0.717, 1.165) is 29.5 Å². The minimum absolute atomic E-state index is 0.0401. The van der Waals surface area contributed by atoms with Gasteiger partial charge in [0.1, 0.15) is 5.82 Å². The summed E-state index contributed by atoms with van der Waals surface area (Å²) >= 11 is 5.76. The lowest BCUT2D eigenvalue weighted by Gasteiger charge is -2.18. The van der Waals surface area contributed by atoms with E-state index < -0.39 is 17.9 Å². The van der Waals surface area contributed by atoms with Crippen LogP contribution in [-0.4, -0.2) is 17.1 Å². The van der Waals surface area contributed by atoms with Gasteiger partial charge in [0, 0.05) is 24.0 Å². The molecule has 0 bridgehead atoms. The number of carbonyl (C=O) groups excluding carboxylic acids is 1. The lowest BCUT2D eigenvalue weighted by molar-refractivity contribution is -0.139. The Morgan fingerprint density at radius 2 is 1.82 bits per heavy atom. The van der Waals surface area contributed by atoms with Crippen molar-refractivity contribution in [3.8, 4) is 0 Å². The minimum Gasteiger partial charge on any atom is -0.348 e. The van der Waals surface area contributed by atoms with Crippen LogP contribution in [0.5, 0.6) is 0 Å². The van der Waals surface area contributed by atoms with Crippen molar-refractivity contribution in [2.24, 2.45) is 0 Å². The number of alkyl halides is 3. The van der Waals surface area contributed by atoms with E-state index in [1.165, 1.54) is 13.0 Å². The normalized spacial score (nSPS) is 12.7. The van der Waals surface area contributed by atoms with E-state index in [0.29, 0.717) is 23.2 Å².